The Bertz CT molecular complexity index is 318. The smallest absolute Gasteiger partial charge is 0.0269 e. The van der Waals surface area contributed by atoms with Gasteiger partial charge in [-0.05, 0) is 51.5 Å². The number of piperidine rings is 3. The SMILES string of the molecule is NC1CC2CCCC(C1)N2C1CCN2CCCCC12. The van der Waals surface area contributed by atoms with Gasteiger partial charge in [-0.2, -0.15) is 0 Å². The maximum atomic E-state index is 6.28. The molecule has 0 aromatic heterocycles. The lowest BCUT2D eigenvalue weighted by atomic mass is 9.79. The van der Waals surface area contributed by atoms with Gasteiger partial charge < -0.3 is 5.73 Å². The van der Waals surface area contributed by atoms with E-state index in [1.54, 1.807) is 0 Å². The number of fused-ring (bicyclic) bond motifs is 3. The molecule has 4 aliphatic rings. The predicted octanol–water partition coefficient (Wildman–Crippen LogP) is 1.96. The van der Waals surface area contributed by atoms with Crippen molar-refractivity contribution in [1.29, 1.82) is 0 Å². The van der Waals surface area contributed by atoms with Crippen LogP contribution in [0.1, 0.15) is 57.8 Å². The average molecular weight is 263 g/mol. The van der Waals surface area contributed by atoms with E-state index < -0.39 is 0 Å². The largest absolute Gasteiger partial charge is 0.328 e. The third kappa shape index (κ3) is 2.14. The van der Waals surface area contributed by atoms with Crippen LogP contribution in [0.15, 0.2) is 0 Å². The highest BCUT2D eigenvalue weighted by Crippen LogP contribution is 2.40. The molecule has 4 atom stereocenters. The van der Waals surface area contributed by atoms with Gasteiger partial charge in [0.05, 0.1) is 0 Å². The van der Waals surface area contributed by atoms with Crippen LogP contribution in [-0.2, 0) is 0 Å². The maximum absolute atomic E-state index is 6.28. The molecule has 3 nitrogen and oxygen atoms in total. The third-order valence-electron chi connectivity index (χ3n) is 6.27. The van der Waals surface area contributed by atoms with E-state index in [1.807, 2.05) is 0 Å². The summed E-state index contributed by atoms with van der Waals surface area (Å²) in [4.78, 5) is 5.75. The van der Waals surface area contributed by atoms with E-state index in [-0.39, 0.29) is 0 Å². The summed E-state index contributed by atoms with van der Waals surface area (Å²) in [6.45, 7) is 2.72. The molecule has 0 aromatic rings. The van der Waals surface area contributed by atoms with Crippen LogP contribution < -0.4 is 5.73 Å². The Labute approximate surface area is 117 Å². The van der Waals surface area contributed by atoms with Crippen molar-refractivity contribution in [3.8, 4) is 0 Å². The van der Waals surface area contributed by atoms with E-state index in [0.29, 0.717) is 6.04 Å². The molecule has 0 saturated carbocycles. The van der Waals surface area contributed by atoms with Crippen molar-refractivity contribution in [3.63, 3.8) is 0 Å². The minimum atomic E-state index is 0.482. The van der Waals surface area contributed by atoms with Crippen molar-refractivity contribution >= 4 is 0 Å². The van der Waals surface area contributed by atoms with E-state index >= 15 is 0 Å². The van der Waals surface area contributed by atoms with Crippen LogP contribution in [0.25, 0.3) is 0 Å². The summed E-state index contributed by atoms with van der Waals surface area (Å²) in [6, 6.07) is 3.86. The Morgan fingerprint density at radius 1 is 0.737 bits per heavy atom. The van der Waals surface area contributed by atoms with E-state index in [9.17, 15) is 0 Å². The lowest BCUT2D eigenvalue weighted by molar-refractivity contribution is -0.0214. The van der Waals surface area contributed by atoms with Gasteiger partial charge in [-0.3, -0.25) is 9.80 Å². The highest BCUT2D eigenvalue weighted by atomic mass is 15.3. The fourth-order valence-corrected chi connectivity index (χ4v) is 5.57. The number of nitrogens with two attached hydrogens (primary N) is 1. The van der Waals surface area contributed by atoms with Crippen molar-refractivity contribution in [1.82, 2.24) is 9.80 Å². The first-order valence-electron chi connectivity index (χ1n) is 8.60. The minimum absolute atomic E-state index is 0.482. The van der Waals surface area contributed by atoms with Crippen molar-refractivity contribution in [2.45, 2.75) is 88.0 Å². The number of rotatable bonds is 1. The van der Waals surface area contributed by atoms with Crippen molar-refractivity contribution in [3.05, 3.63) is 0 Å². The number of nitrogens with zero attached hydrogens (tertiary/aromatic N) is 2. The van der Waals surface area contributed by atoms with Gasteiger partial charge in [-0.15, -0.1) is 0 Å². The first-order valence-corrected chi connectivity index (χ1v) is 8.60. The molecule has 4 rings (SSSR count). The molecule has 108 valence electrons. The molecule has 4 saturated heterocycles. The van der Waals surface area contributed by atoms with Crippen molar-refractivity contribution in [2.75, 3.05) is 13.1 Å². The first kappa shape index (κ1) is 12.6. The number of hydrogen-bond acceptors (Lipinski definition) is 3. The molecule has 0 amide bonds. The molecule has 4 heterocycles. The van der Waals surface area contributed by atoms with Crippen LogP contribution in [0.3, 0.4) is 0 Å². The summed E-state index contributed by atoms with van der Waals surface area (Å²) >= 11 is 0. The van der Waals surface area contributed by atoms with Gasteiger partial charge in [0, 0.05) is 36.8 Å². The topological polar surface area (TPSA) is 32.5 Å². The van der Waals surface area contributed by atoms with Gasteiger partial charge in [-0.1, -0.05) is 12.8 Å². The molecular weight excluding hydrogens is 234 g/mol. The molecule has 4 unspecified atom stereocenters. The zero-order valence-corrected chi connectivity index (χ0v) is 12.1. The molecule has 2 bridgehead atoms. The molecule has 0 radical (unpaired) electrons. The Morgan fingerprint density at radius 3 is 2.32 bits per heavy atom. The zero-order valence-electron chi connectivity index (χ0n) is 12.1. The van der Waals surface area contributed by atoms with Crippen LogP contribution in [0, 0.1) is 0 Å². The van der Waals surface area contributed by atoms with Crippen LogP contribution in [0.4, 0.5) is 0 Å². The normalized spacial score (nSPS) is 48.2. The van der Waals surface area contributed by atoms with Crippen LogP contribution in [-0.4, -0.2) is 53.1 Å². The van der Waals surface area contributed by atoms with Gasteiger partial charge in [0.25, 0.3) is 0 Å². The zero-order chi connectivity index (χ0) is 12.8. The molecule has 4 aliphatic heterocycles. The molecule has 3 heteroatoms. The molecule has 4 fully saturated rings. The van der Waals surface area contributed by atoms with Crippen molar-refractivity contribution < 1.29 is 0 Å². The average Bonchev–Trinajstić information content (AvgIpc) is 2.81. The Hall–Kier alpha value is -0.120. The second-order valence-corrected chi connectivity index (χ2v) is 7.37. The van der Waals surface area contributed by atoms with Gasteiger partial charge in [0.1, 0.15) is 0 Å². The van der Waals surface area contributed by atoms with Crippen LogP contribution >= 0.6 is 0 Å². The molecule has 0 aromatic carbocycles. The Kier molecular flexibility index (Phi) is 3.33. The van der Waals surface area contributed by atoms with E-state index in [2.05, 4.69) is 9.80 Å². The lowest BCUT2D eigenvalue weighted by Crippen LogP contribution is -2.61. The van der Waals surface area contributed by atoms with Crippen LogP contribution in [0.2, 0.25) is 0 Å². The summed E-state index contributed by atoms with van der Waals surface area (Å²) in [6.07, 6.45) is 12.6. The standard InChI is InChI=1S/C16H29N3/c17-12-10-13-4-3-5-14(11-12)19(13)16-7-9-18-8-2-1-6-15(16)18/h12-16H,1-11,17H2. The highest BCUT2D eigenvalue weighted by Gasteiger charge is 2.46. The quantitative estimate of drug-likeness (QED) is 0.785. The highest BCUT2D eigenvalue weighted by molar-refractivity contribution is 5.03. The lowest BCUT2D eigenvalue weighted by Gasteiger charge is -2.53. The van der Waals surface area contributed by atoms with Crippen molar-refractivity contribution in [2.24, 2.45) is 5.73 Å². The van der Waals surface area contributed by atoms with E-state index in [1.165, 1.54) is 70.9 Å². The summed E-state index contributed by atoms with van der Waals surface area (Å²) in [7, 11) is 0. The third-order valence-corrected chi connectivity index (χ3v) is 6.27. The molecule has 0 aliphatic carbocycles. The fraction of sp³-hybridized carbons (Fsp3) is 1.00. The van der Waals surface area contributed by atoms with Gasteiger partial charge >= 0.3 is 0 Å². The first-order chi connectivity index (χ1) is 9.33. The fourth-order valence-electron chi connectivity index (χ4n) is 5.57. The molecule has 0 spiro atoms. The Morgan fingerprint density at radius 2 is 1.53 bits per heavy atom. The summed E-state index contributed by atoms with van der Waals surface area (Å²) in [5, 5.41) is 0. The summed E-state index contributed by atoms with van der Waals surface area (Å²) in [5.41, 5.74) is 6.28. The molecule has 19 heavy (non-hydrogen) atoms. The van der Waals surface area contributed by atoms with Gasteiger partial charge in [0.2, 0.25) is 0 Å². The van der Waals surface area contributed by atoms with Gasteiger partial charge in [-0.25, -0.2) is 0 Å². The summed E-state index contributed by atoms with van der Waals surface area (Å²) in [5.74, 6) is 0. The number of hydrogen-bond donors (Lipinski definition) is 1. The monoisotopic (exact) mass is 263 g/mol. The second-order valence-electron chi connectivity index (χ2n) is 7.37. The van der Waals surface area contributed by atoms with E-state index in [4.69, 9.17) is 5.73 Å². The second kappa shape index (κ2) is 5.01. The predicted molar refractivity (Wildman–Crippen MR) is 78.1 cm³/mol. The minimum Gasteiger partial charge on any atom is -0.328 e. The molecular formula is C16H29N3. The maximum Gasteiger partial charge on any atom is 0.0269 e. The van der Waals surface area contributed by atoms with E-state index in [0.717, 1.165) is 24.2 Å². The van der Waals surface area contributed by atoms with Gasteiger partial charge in [0.15, 0.2) is 0 Å². The Balaban J connectivity index is 1.54. The molecule has 2 N–H and O–H groups in total. The van der Waals surface area contributed by atoms with Crippen LogP contribution in [0.5, 0.6) is 0 Å². The summed E-state index contributed by atoms with van der Waals surface area (Å²) < 4.78 is 0.